The molecule has 0 spiro atoms. The van der Waals surface area contributed by atoms with E-state index in [1.54, 1.807) is 0 Å². The molecule has 0 unspecified atom stereocenters. The largest absolute Gasteiger partial charge is 0.463 e. The van der Waals surface area contributed by atoms with Crippen LogP contribution in [-0.4, -0.2) is 32.3 Å². The van der Waals surface area contributed by atoms with Crippen LogP contribution in [0.3, 0.4) is 0 Å². The summed E-state index contributed by atoms with van der Waals surface area (Å²) in [5, 5.41) is 5.27. The van der Waals surface area contributed by atoms with Crippen molar-refractivity contribution in [2.24, 2.45) is 5.92 Å². The standard InChI is InChI=1S/C15H17BrN2O4/c1-9-12(14(19)22-7-6-21-2)13(18-15(20)17-9)10-4-3-5-11(16)8-10/h3-5,8,12-13H,1,6-7H2,2H3,(H2,17,18,20)/t12-,13+/m0/s1. The molecule has 7 heteroatoms. The third-order valence-corrected chi connectivity index (χ3v) is 3.76. The normalized spacial score (nSPS) is 21.0. The number of methoxy groups -OCH3 is 1. The summed E-state index contributed by atoms with van der Waals surface area (Å²) in [5.41, 5.74) is 1.11. The molecule has 1 saturated heterocycles. The van der Waals surface area contributed by atoms with Crippen molar-refractivity contribution in [2.45, 2.75) is 6.04 Å². The lowest BCUT2D eigenvalue weighted by atomic mass is 9.89. The summed E-state index contributed by atoms with van der Waals surface area (Å²) >= 11 is 3.38. The van der Waals surface area contributed by atoms with E-state index in [2.05, 4.69) is 33.1 Å². The molecular formula is C15H17BrN2O4. The Labute approximate surface area is 137 Å². The molecule has 2 N–H and O–H groups in total. The van der Waals surface area contributed by atoms with Crippen molar-refractivity contribution in [2.75, 3.05) is 20.3 Å². The van der Waals surface area contributed by atoms with Crippen LogP contribution in [0.5, 0.6) is 0 Å². The van der Waals surface area contributed by atoms with Gasteiger partial charge in [0, 0.05) is 17.3 Å². The minimum atomic E-state index is -0.705. The van der Waals surface area contributed by atoms with E-state index in [-0.39, 0.29) is 6.61 Å². The van der Waals surface area contributed by atoms with E-state index in [1.165, 1.54) is 7.11 Å². The van der Waals surface area contributed by atoms with E-state index in [4.69, 9.17) is 9.47 Å². The van der Waals surface area contributed by atoms with Gasteiger partial charge in [-0.15, -0.1) is 0 Å². The van der Waals surface area contributed by atoms with Crippen molar-refractivity contribution in [1.29, 1.82) is 0 Å². The first-order chi connectivity index (χ1) is 10.5. The van der Waals surface area contributed by atoms with Gasteiger partial charge in [0.25, 0.3) is 0 Å². The van der Waals surface area contributed by atoms with Gasteiger partial charge in [0.2, 0.25) is 0 Å². The number of rotatable bonds is 5. The van der Waals surface area contributed by atoms with E-state index < -0.39 is 24.0 Å². The monoisotopic (exact) mass is 368 g/mol. The summed E-state index contributed by atoms with van der Waals surface area (Å²) in [5.74, 6) is -1.16. The van der Waals surface area contributed by atoms with Crippen molar-refractivity contribution in [3.63, 3.8) is 0 Å². The van der Waals surface area contributed by atoms with Gasteiger partial charge in [0.1, 0.15) is 12.5 Å². The van der Waals surface area contributed by atoms with Gasteiger partial charge in [0.05, 0.1) is 12.6 Å². The second kappa shape index (κ2) is 7.42. The molecule has 0 bridgehead atoms. The van der Waals surface area contributed by atoms with Crippen LogP contribution in [0.4, 0.5) is 4.79 Å². The Morgan fingerprint density at radius 3 is 2.86 bits per heavy atom. The maximum Gasteiger partial charge on any atom is 0.319 e. The summed E-state index contributed by atoms with van der Waals surface area (Å²) in [4.78, 5) is 24.0. The molecule has 118 valence electrons. The zero-order valence-electron chi connectivity index (χ0n) is 12.1. The Morgan fingerprint density at radius 1 is 1.41 bits per heavy atom. The molecule has 22 heavy (non-hydrogen) atoms. The molecule has 1 aromatic rings. The van der Waals surface area contributed by atoms with Crippen LogP contribution >= 0.6 is 15.9 Å². The Morgan fingerprint density at radius 2 is 2.18 bits per heavy atom. The molecule has 1 heterocycles. The van der Waals surface area contributed by atoms with E-state index in [9.17, 15) is 9.59 Å². The Balaban J connectivity index is 2.24. The lowest BCUT2D eigenvalue weighted by molar-refractivity contribution is -0.149. The van der Waals surface area contributed by atoms with Crippen LogP contribution in [0.2, 0.25) is 0 Å². The smallest absolute Gasteiger partial charge is 0.319 e. The number of nitrogens with one attached hydrogen (secondary N) is 2. The molecule has 1 fully saturated rings. The molecule has 2 amide bonds. The predicted molar refractivity (Wildman–Crippen MR) is 84.0 cm³/mol. The fourth-order valence-electron chi connectivity index (χ4n) is 2.25. The predicted octanol–water partition coefficient (Wildman–Crippen LogP) is 2.12. The fourth-order valence-corrected chi connectivity index (χ4v) is 2.67. The fraction of sp³-hybridized carbons (Fsp3) is 0.333. The topological polar surface area (TPSA) is 76.7 Å². The number of amides is 2. The Kier molecular flexibility index (Phi) is 5.57. The molecule has 0 radical (unpaired) electrons. The van der Waals surface area contributed by atoms with Crippen molar-refractivity contribution in [3.8, 4) is 0 Å². The number of esters is 1. The SMILES string of the molecule is C=C1NC(=O)N[C@H](c2cccc(Br)c2)[C@H]1C(=O)OCCOC. The van der Waals surface area contributed by atoms with Crippen molar-refractivity contribution < 1.29 is 19.1 Å². The van der Waals surface area contributed by atoms with Gasteiger partial charge in [-0.1, -0.05) is 34.6 Å². The second-order valence-electron chi connectivity index (χ2n) is 4.79. The highest BCUT2D eigenvalue weighted by atomic mass is 79.9. The third-order valence-electron chi connectivity index (χ3n) is 3.26. The first kappa shape index (κ1) is 16.5. The zero-order valence-corrected chi connectivity index (χ0v) is 13.7. The molecule has 1 aliphatic rings. The van der Waals surface area contributed by atoms with Gasteiger partial charge >= 0.3 is 12.0 Å². The summed E-state index contributed by atoms with van der Waals surface area (Å²) in [6.45, 7) is 4.24. The number of carbonyl (C=O) groups excluding carboxylic acids is 2. The number of hydrogen-bond acceptors (Lipinski definition) is 4. The first-order valence-corrected chi connectivity index (χ1v) is 7.49. The number of hydrogen-bond donors (Lipinski definition) is 2. The molecule has 0 saturated carbocycles. The van der Waals surface area contributed by atoms with Gasteiger partial charge in [-0.05, 0) is 17.7 Å². The highest BCUT2D eigenvalue weighted by Crippen LogP contribution is 2.31. The van der Waals surface area contributed by atoms with E-state index in [0.29, 0.717) is 12.3 Å². The van der Waals surface area contributed by atoms with Crippen LogP contribution in [0.25, 0.3) is 0 Å². The number of halogens is 1. The van der Waals surface area contributed by atoms with Gasteiger partial charge < -0.3 is 20.1 Å². The summed E-state index contributed by atoms with van der Waals surface area (Å²) in [7, 11) is 1.53. The van der Waals surface area contributed by atoms with Crippen molar-refractivity contribution >= 4 is 27.9 Å². The van der Waals surface area contributed by atoms with Crippen LogP contribution in [0, 0.1) is 5.92 Å². The number of benzene rings is 1. The molecule has 1 aliphatic heterocycles. The molecule has 2 atom stereocenters. The third kappa shape index (κ3) is 3.86. The Hall–Kier alpha value is -1.86. The average Bonchev–Trinajstić information content (AvgIpc) is 2.46. The summed E-state index contributed by atoms with van der Waals surface area (Å²) in [6, 6.07) is 6.46. The van der Waals surface area contributed by atoms with E-state index in [0.717, 1.165) is 10.0 Å². The quantitative estimate of drug-likeness (QED) is 0.616. The molecular weight excluding hydrogens is 352 g/mol. The molecule has 0 aliphatic carbocycles. The van der Waals surface area contributed by atoms with Gasteiger partial charge in [-0.3, -0.25) is 4.79 Å². The maximum absolute atomic E-state index is 12.3. The molecule has 1 aromatic carbocycles. The van der Waals surface area contributed by atoms with E-state index >= 15 is 0 Å². The number of ether oxygens (including phenoxy) is 2. The molecule has 0 aromatic heterocycles. The van der Waals surface area contributed by atoms with Crippen LogP contribution in [-0.2, 0) is 14.3 Å². The summed E-state index contributed by atoms with van der Waals surface area (Å²) < 4.78 is 10.9. The number of urea groups is 1. The van der Waals surface area contributed by atoms with Crippen LogP contribution < -0.4 is 10.6 Å². The van der Waals surface area contributed by atoms with E-state index in [1.807, 2.05) is 24.3 Å². The van der Waals surface area contributed by atoms with Crippen LogP contribution in [0.15, 0.2) is 41.0 Å². The van der Waals surface area contributed by atoms with Crippen molar-refractivity contribution in [1.82, 2.24) is 10.6 Å². The Bertz CT molecular complexity index is 591. The average molecular weight is 369 g/mol. The molecule has 6 nitrogen and oxygen atoms in total. The van der Waals surface area contributed by atoms with Gasteiger partial charge in [-0.25, -0.2) is 4.79 Å². The minimum absolute atomic E-state index is 0.151. The second-order valence-corrected chi connectivity index (χ2v) is 5.71. The zero-order chi connectivity index (χ0) is 16.1. The summed E-state index contributed by atoms with van der Waals surface area (Å²) in [6.07, 6.45) is 0. The number of carbonyl (C=O) groups is 2. The van der Waals surface area contributed by atoms with Crippen molar-refractivity contribution in [3.05, 3.63) is 46.6 Å². The van der Waals surface area contributed by atoms with Gasteiger partial charge in [-0.2, -0.15) is 0 Å². The minimum Gasteiger partial charge on any atom is -0.463 e. The van der Waals surface area contributed by atoms with Crippen LogP contribution in [0.1, 0.15) is 11.6 Å². The lowest BCUT2D eigenvalue weighted by Crippen LogP contribution is -2.51. The highest BCUT2D eigenvalue weighted by Gasteiger charge is 2.38. The molecule has 2 rings (SSSR count). The van der Waals surface area contributed by atoms with Gasteiger partial charge in [0.15, 0.2) is 0 Å². The maximum atomic E-state index is 12.3. The lowest BCUT2D eigenvalue weighted by Gasteiger charge is -2.33. The highest BCUT2D eigenvalue weighted by molar-refractivity contribution is 9.10. The first-order valence-electron chi connectivity index (χ1n) is 6.70.